The van der Waals surface area contributed by atoms with Gasteiger partial charge < -0.3 is 5.32 Å². The second-order valence-electron chi connectivity index (χ2n) is 4.40. The van der Waals surface area contributed by atoms with Crippen LogP contribution in [0.4, 0.5) is 5.69 Å². The maximum atomic E-state index is 11.3. The Hall–Kier alpha value is -1.90. The first-order chi connectivity index (χ1) is 8.33. The maximum Gasteiger partial charge on any atom is 0.224 e. The van der Waals surface area contributed by atoms with Gasteiger partial charge in [-0.25, -0.2) is 0 Å². The van der Waals surface area contributed by atoms with Gasteiger partial charge in [0.2, 0.25) is 5.91 Å². The van der Waals surface area contributed by atoms with Crippen LogP contribution in [-0.2, 0) is 11.2 Å². The quantitative estimate of drug-likeness (QED) is 0.785. The summed E-state index contributed by atoms with van der Waals surface area (Å²) in [5.74, 6) is 0.115. The van der Waals surface area contributed by atoms with Crippen LogP contribution in [-0.4, -0.2) is 18.7 Å². The molecule has 0 radical (unpaired) electrons. The molecule has 0 aromatic heterocycles. The third-order valence-corrected chi connectivity index (χ3v) is 3.19. The molecule has 1 aromatic rings. The summed E-state index contributed by atoms with van der Waals surface area (Å²) in [5, 5.41) is 2.90. The number of nitrogens with one attached hydrogen (secondary N) is 1. The Balaban J connectivity index is 1.96. The third kappa shape index (κ3) is 2.00. The Kier molecular flexibility index (Phi) is 2.52. The predicted octanol–water partition coefficient (Wildman–Crippen LogP) is 2.43. The second-order valence-corrected chi connectivity index (χ2v) is 4.40. The van der Waals surface area contributed by atoms with Crippen molar-refractivity contribution >= 4 is 23.4 Å². The molecule has 0 saturated heterocycles. The molecule has 0 fully saturated rings. The fraction of sp³-hybridized carbons (Fsp3) is 0.286. The zero-order valence-corrected chi connectivity index (χ0v) is 9.57. The molecule has 1 N–H and O–H groups in total. The average molecular weight is 226 g/mol. The van der Waals surface area contributed by atoms with Crippen molar-refractivity contribution in [2.45, 2.75) is 19.3 Å². The average Bonchev–Trinajstić information content (AvgIpc) is 2.39. The number of rotatable bonds is 1. The van der Waals surface area contributed by atoms with Crippen molar-refractivity contribution in [2.75, 3.05) is 11.9 Å². The van der Waals surface area contributed by atoms with Gasteiger partial charge in [0.1, 0.15) is 0 Å². The fourth-order valence-corrected chi connectivity index (χ4v) is 2.27. The first-order valence-corrected chi connectivity index (χ1v) is 5.96. The predicted molar refractivity (Wildman–Crippen MR) is 69.3 cm³/mol. The summed E-state index contributed by atoms with van der Waals surface area (Å²) in [6.07, 6.45) is 6.59. The highest BCUT2D eigenvalue weighted by Crippen LogP contribution is 2.26. The molecule has 0 bridgehead atoms. The van der Waals surface area contributed by atoms with E-state index < -0.39 is 0 Å². The zero-order chi connectivity index (χ0) is 11.7. The van der Waals surface area contributed by atoms with Gasteiger partial charge >= 0.3 is 0 Å². The topological polar surface area (TPSA) is 41.5 Å². The molecule has 3 rings (SSSR count). The molecule has 2 heterocycles. The Morgan fingerprint density at radius 2 is 2.18 bits per heavy atom. The van der Waals surface area contributed by atoms with Crippen molar-refractivity contribution in [1.82, 2.24) is 0 Å². The van der Waals surface area contributed by atoms with E-state index in [1.165, 1.54) is 16.7 Å². The van der Waals surface area contributed by atoms with Crippen molar-refractivity contribution in [3.05, 3.63) is 35.4 Å². The minimum atomic E-state index is 0.115. The van der Waals surface area contributed by atoms with Crippen LogP contribution >= 0.6 is 0 Å². The summed E-state index contributed by atoms with van der Waals surface area (Å²) in [7, 11) is 0. The van der Waals surface area contributed by atoms with E-state index in [1.807, 2.05) is 18.3 Å². The molecule has 3 heteroatoms. The number of nitrogens with zero attached hydrogens (tertiary/aromatic N) is 1. The van der Waals surface area contributed by atoms with Crippen LogP contribution in [0.15, 0.2) is 29.3 Å². The standard InChI is InChI=1S/C14H14N2O/c17-14-6-4-11-8-10(3-5-13(11)16-14)12-2-1-7-15-9-12/h2-3,5,8-9H,1,4,6-7H2,(H,16,17). The number of dihydropyridines is 1. The lowest BCUT2D eigenvalue weighted by Crippen LogP contribution is -2.18. The highest BCUT2D eigenvalue weighted by molar-refractivity contribution is 6.10. The molecule has 1 aromatic carbocycles. The maximum absolute atomic E-state index is 11.3. The molecule has 1 amide bonds. The fourth-order valence-electron chi connectivity index (χ4n) is 2.27. The highest BCUT2D eigenvalue weighted by Gasteiger charge is 2.15. The van der Waals surface area contributed by atoms with Crippen LogP contribution in [0.25, 0.3) is 5.57 Å². The first kappa shape index (κ1) is 10.3. The van der Waals surface area contributed by atoms with Gasteiger partial charge in [-0.05, 0) is 41.7 Å². The van der Waals surface area contributed by atoms with Gasteiger partial charge in [0, 0.05) is 24.9 Å². The van der Waals surface area contributed by atoms with Crippen molar-refractivity contribution in [3.63, 3.8) is 0 Å². The number of benzene rings is 1. The van der Waals surface area contributed by atoms with E-state index >= 15 is 0 Å². The number of hydrogen-bond acceptors (Lipinski definition) is 2. The number of aryl methyl sites for hydroxylation is 1. The van der Waals surface area contributed by atoms with Crippen LogP contribution in [0, 0.1) is 0 Å². The number of hydrogen-bond donors (Lipinski definition) is 1. The smallest absolute Gasteiger partial charge is 0.224 e. The molecule has 0 atom stereocenters. The largest absolute Gasteiger partial charge is 0.326 e. The molecule has 0 spiro atoms. The SMILES string of the molecule is O=C1CCc2cc(C3=CCCN=C3)ccc2N1. The number of carbonyl (C=O) groups excluding carboxylic acids is 1. The van der Waals surface area contributed by atoms with Crippen molar-refractivity contribution in [2.24, 2.45) is 4.99 Å². The lowest BCUT2D eigenvalue weighted by molar-refractivity contribution is -0.116. The van der Waals surface area contributed by atoms with Crippen LogP contribution in [0.1, 0.15) is 24.0 Å². The Labute approximate surface area is 100 Å². The minimum Gasteiger partial charge on any atom is -0.326 e. The van der Waals surface area contributed by atoms with E-state index in [0.717, 1.165) is 25.1 Å². The molecule has 17 heavy (non-hydrogen) atoms. The number of carbonyl (C=O) groups is 1. The Morgan fingerprint density at radius 3 is 3.00 bits per heavy atom. The molecule has 0 saturated carbocycles. The Bertz CT molecular complexity index is 529. The Morgan fingerprint density at radius 1 is 1.24 bits per heavy atom. The van der Waals surface area contributed by atoms with E-state index in [1.54, 1.807) is 0 Å². The van der Waals surface area contributed by atoms with Gasteiger partial charge in [0.15, 0.2) is 0 Å². The van der Waals surface area contributed by atoms with E-state index in [9.17, 15) is 4.79 Å². The normalized spacial score (nSPS) is 18.4. The van der Waals surface area contributed by atoms with Crippen LogP contribution in [0.2, 0.25) is 0 Å². The number of fused-ring (bicyclic) bond motifs is 1. The molecular weight excluding hydrogens is 212 g/mol. The third-order valence-electron chi connectivity index (χ3n) is 3.19. The van der Waals surface area contributed by atoms with Gasteiger partial charge in [0.25, 0.3) is 0 Å². The van der Waals surface area contributed by atoms with Gasteiger partial charge in [0.05, 0.1) is 0 Å². The second kappa shape index (κ2) is 4.17. The van der Waals surface area contributed by atoms with Crippen molar-refractivity contribution in [3.8, 4) is 0 Å². The summed E-state index contributed by atoms with van der Waals surface area (Å²) in [5.41, 5.74) is 4.57. The lowest BCUT2D eigenvalue weighted by atomic mass is 9.96. The monoisotopic (exact) mass is 226 g/mol. The molecular formula is C14H14N2O. The van der Waals surface area contributed by atoms with Gasteiger partial charge in [-0.1, -0.05) is 12.1 Å². The molecule has 0 unspecified atom stereocenters. The molecule has 86 valence electrons. The molecule has 3 nitrogen and oxygen atoms in total. The summed E-state index contributed by atoms with van der Waals surface area (Å²) in [4.78, 5) is 15.6. The number of amides is 1. The number of allylic oxidation sites excluding steroid dienone is 1. The van der Waals surface area contributed by atoms with Crippen molar-refractivity contribution < 1.29 is 4.79 Å². The summed E-state index contributed by atoms with van der Waals surface area (Å²) in [6.45, 7) is 0.893. The van der Waals surface area contributed by atoms with Crippen molar-refractivity contribution in [1.29, 1.82) is 0 Å². The van der Waals surface area contributed by atoms with Crippen LogP contribution in [0.3, 0.4) is 0 Å². The van der Waals surface area contributed by atoms with Crippen LogP contribution < -0.4 is 5.32 Å². The number of anilines is 1. The zero-order valence-electron chi connectivity index (χ0n) is 9.57. The molecule has 0 aliphatic carbocycles. The summed E-state index contributed by atoms with van der Waals surface area (Å²) >= 11 is 0. The van der Waals surface area contributed by atoms with Gasteiger partial charge in [-0.15, -0.1) is 0 Å². The molecule has 2 aliphatic rings. The minimum absolute atomic E-state index is 0.115. The number of aliphatic imine (C=N–C) groups is 1. The van der Waals surface area contributed by atoms with Gasteiger partial charge in [-0.3, -0.25) is 9.79 Å². The summed E-state index contributed by atoms with van der Waals surface area (Å²) < 4.78 is 0. The van der Waals surface area contributed by atoms with E-state index in [2.05, 4.69) is 22.5 Å². The van der Waals surface area contributed by atoms with E-state index in [4.69, 9.17) is 0 Å². The van der Waals surface area contributed by atoms with E-state index in [0.29, 0.717) is 6.42 Å². The van der Waals surface area contributed by atoms with Gasteiger partial charge in [-0.2, -0.15) is 0 Å². The van der Waals surface area contributed by atoms with E-state index in [-0.39, 0.29) is 5.91 Å². The highest BCUT2D eigenvalue weighted by atomic mass is 16.1. The molecule has 2 aliphatic heterocycles. The van der Waals surface area contributed by atoms with Crippen LogP contribution in [0.5, 0.6) is 0 Å². The first-order valence-electron chi connectivity index (χ1n) is 5.96. The lowest BCUT2D eigenvalue weighted by Gasteiger charge is -2.18. The summed E-state index contributed by atoms with van der Waals surface area (Å²) in [6, 6.07) is 6.20.